The van der Waals surface area contributed by atoms with E-state index in [-0.39, 0.29) is 0 Å². The molecule has 2 rings (SSSR count). The maximum atomic E-state index is 5.65. The summed E-state index contributed by atoms with van der Waals surface area (Å²) in [4.78, 5) is 1.24. The molecule has 0 aliphatic rings. The Labute approximate surface area is 110 Å². The normalized spacial score (nSPS) is 10.4. The maximum absolute atomic E-state index is 5.65. The van der Waals surface area contributed by atoms with Gasteiger partial charge in [-0.3, -0.25) is 0 Å². The number of rotatable bonds is 4. The van der Waals surface area contributed by atoms with Gasteiger partial charge in [-0.25, -0.2) is 0 Å². The molecule has 0 amide bonds. The van der Waals surface area contributed by atoms with Gasteiger partial charge in [0.2, 0.25) is 0 Å². The van der Waals surface area contributed by atoms with E-state index in [9.17, 15) is 0 Å². The molecule has 0 unspecified atom stereocenters. The molecule has 3 N–H and O–H groups in total. The Balaban J connectivity index is 2.04. The van der Waals surface area contributed by atoms with E-state index in [1.54, 1.807) is 18.4 Å². The van der Waals surface area contributed by atoms with Gasteiger partial charge >= 0.3 is 0 Å². The molecule has 0 radical (unpaired) electrons. The minimum atomic E-state index is 0.433. The summed E-state index contributed by atoms with van der Waals surface area (Å²) >= 11 is 6.42. The number of thiophene rings is 1. The van der Waals surface area contributed by atoms with Crippen molar-refractivity contribution >= 4 is 49.6 Å². The molecule has 2 aromatic heterocycles. The molecule has 0 bridgehead atoms. The largest absolute Gasteiger partial charge is 0.490 e. The first-order chi connectivity index (χ1) is 7.70. The summed E-state index contributed by atoms with van der Waals surface area (Å²) in [6.45, 7) is 0.744. The molecule has 0 saturated heterocycles. The molecule has 0 atom stereocenters. The van der Waals surface area contributed by atoms with E-state index >= 15 is 0 Å². The zero-order chi connectivity index (χ0) is 11.5. The quantitative estimate of drug-likeness (QED) is 0.908. The first-order valence-corrected chi connectivity index (χ1v) is 6.91. The van der Waals surface area contributed by atoms with Crippen LogP contribution in [0.2, 0.25) is 0 Å². The molecule has 0 aliphatic heterocycles. The third-order valence-corrected chi connectivity index (χ3v) is 4.42. The predicted molar refractivity (Wildman–Crippen MR) is 72.4 cm³/mol. The number of hydrogen-bond acceptors (Lipinski definition) is 6. The summed E-state index contributed by atoms with van der Waals surface area (Å²) in [6.07, 6.45) is 0. The van der Waals surface area contributed by atoms with Crippen LogP contribution in [-0.4, -0.2) is 11.5 Å². The number of nitrogens with one attached hydrogen (secondary N) is 1. The van der Waals surface area contributed by atoms with Crippen molar-refractivity contribution in [3.63, 3.8) is 0 Å². The molecule has 86 valence electrons. The minimum absolute atomic E-state index is 0.433. The Morgan fingerprint density at radius 3 is 3.06 bits per heavy atom. The number of halogens is 1. The van der Waals surface area contributed by atoms with Gasteiger partial charge in [-0.1, -0.05) is 0 Å². The van der Waals surface area contributed by atoms with Crippen molar-refractivity contribution in [2.45, 2.75) is 6.54 Å². The standard InChI is InChI=1S/C9H10BrN3OS2/c1-14-7-8(11)13-16-9(7)12-3-6-2-5(10)4-15-6/h2,4,12H,3H2,1H3,(H2,11,13). The van der Waals surface area contributed by atoms with Crippen molar-refractivity contribution in [2.75, 3.05) is 18.2 Å². The number of aromatic nitrogens is 1. The summed E-state index contributed by atoms with van der Waals surface area (Å²) in [5.74, 6) is 1.06. The van der Waals surface area contributed by atoms with Gasteiger partial charge in [-0.05, 0) is 33.5 Å². The molecule has 0 aromatic carbocycles. The lowest BCUT2D eigenvalue weighted by Crippen LogP contribution is -1.98. The molecule has 0 fully saturated rings. The number of nitrogen functional groups attached to an aromatic ring is 1. The highest BCUT2D eigenvalue weighted by Gasteiger charge is 2.11. The van der Waals surface area contributed by atoms with E-state index in [1.807, 2.05) is 0 Å². The van der Waals surface area contributed by atoms with Crippen molar-refractivity contribution in [2.24, 2.45) is 0 Å². The number of nitrogens with two attached hydrogens (primary N) is 1. The lowest BCUT2D eigenvalue weighted by molar-refractivity contribution is 0.419. The number of anilines is 2. The summed E-state index contributed by atoms with van der Waals surface area (Å²) in [5, 5.41) is 6.17. The van der Waals surface area contributed by atoms with Gasteiger partial charge in [0.1, 0.15) is 0 Å². The third kappa shape index (κ3) is 2.47. The van der Waals surface area contributed by atoms with Gasteiger partial charge in [0.25, 0.3) is 0 Å². The maximum Gasteiger partial charge on any atom is 0.197 e. The van der Waals surface area contributed by atoms with Crippen molar-refractivity contribution in [1.29, 1.82) is 0 Å². The Morgan fingerprint density at radius 1 is 1.62 bits per heavy atom. The van der Waals surface area contributed by atoms with Gasteiger partial charge in [0.05, 0.1) is 13.7 Å². The Hall–Kier alpha value is -0.790. The Kier molecular flexibility index (Phi) is 3.67. The van der Waals surface area contributed by atoms with Crippen LogP contribution >= 0.6 is 38.8 Å². The molecule has 0 saturated carbocycles. The molecule has 2 aromatic rings. The zero-order valence-electron chi connectivity index (χ0n) is 8.49. The number of nitrogens with zero attached hydrogens (tertiary/aromatic N) is 1. The molecule has 0 aliphatic carbocycles. The van der Waals surface area contributed by atoms with Crippen LogP contribution in [0, 0.1) is 0 Å². The lowest BCUT2D eigenvalue weighted by atomic mass is 10.4. The van der Waals surface area contributed by atoms with E-state index in [0.29, 0.717) is 11.6 Å². The van der Waals surface area contributed by atoms with Gasteiger partial charge in [0, 0.05) is 14.7 Å². The van der Waals surface area contributed by atoms with E-state index in [0.717, 1.165) is 16.0 Å². The van der Waals surface area contributed by atoms with Gasteiger partial charge in [-0.15, -0.1) is 11.3 Å². The fourth-order valence-electron chi connectivity index (χ4n) is 1.22. The van der Waals surface area contributed by atoms with E-state index < -0.39 is 0 Å². The monoisotopic (exact) mass is 319 g/mol. The molecule has 2 heterocycles. The Bertz CT molecular complexity index is 483. The number of hydrogen-bond donors (Lipinski definition) is 2. The first-order valence-electron chi connectivity index (χ1n) is 4.46. The highest BCUT2D eigenvalue weighted by atomic mass is 79.9. The van der Waals surface area contributed by atoms with Crippen LogP contribution in [0.5, 0.6) is 5.75 Å². The zero-order valence-corrected chi connectivity index (χ0v) is 11.7. The minimum Gasteiger partial charge on any atom is -0.490 e. The van der Waals surface area contributed by atoms with Crippen molar-refractivity contribution in [3.8, 4) is 5.75 Å². The SMILES string of the molecule is COc1c(N)nsc1NCc1cc(Br)cs1. The van der Waals surface area contributed by atoms with Crippen LogP contribution in [0.4, 0.5) is 10.8 Å². The Morgan fingerprint density at radius 2 is 2.44 bits per heavy atom. The van der Waals surface area contributed by atoms with Crippen molar-refractivity contribution in [1.82, 2.24) is 4.37 Å². The van der Waals surface area contributed by atoms with Gasteiger partial charge < -0.3 is 15.8 Å². The van der Waals surface area contributed by atoms with Gasteiger partial charge in [0.15, 0.2) is 16.6 Å². The van der Waals surface area contributed by atoms with Crippen LogP contribution in [0.25, 0.3) is 0 Å². The van der Waals surface area contributed by atoms with Crippen molar-refractivity contribution < 1.29 is 4.74 Å². The molecule has 0 spiro atoms. The fourth-order valence-corrected chi connectivity index (χ4v) is 3.29. The van der Waals surface area contributed by atoms with Gasteiger partial charge in [-0.2, -0.15) is 4.37 Å². The molecular weight excluding hydrogens is 310 g/mol. The number of ether oxygens (including phenoxy) is 1. The molecular formula is C9H10BrN3OS2. The second-order valence-electron chi connectivity index (χ2n) is 3.01. The fraction of sp³-hybridized carbons (Fsp3) is 0.222. The van der Waals surface area contributed by atoms with E-state index in [2.05, 4.69) is 37.1 Å². The smallest absolute Gasteiger partial charge is 0.197 e. The molecule has 7 heteroatoms. The molecule has 4 nitrogen and oxygen atoms in total. The summed E-state index contributed by atoms with van der Waals surface area (Å²) < 4.78 is 10.3. The van der Waals surface area contributed by atoms with Crippen LogP contribution in [0.15, 0.2) is 15.9 Å². The van der Waals surface area contributed by atoms with E-state index in [4.69, 9.17) is 10.5 Å². The highest BCUT2D eigenvalue weighted by molar-refractivity contribution is 9.10. The first kappa shape index (κ1) is 11.7. The van der Waals surface area contributed by atoms with Crippen molar-refractivity contribution in [3.05, 3.63) is 20.8 Å². The second kappa shape index (κ2) is 5.03. The second-order valence-corrected chi connectivity index (χ2v) is 5.70. The van der Waals surface area contributed by atoms with Crippen LogP contribution in [-0.2, 0) is 6.54 Å². The van der Waals surface area contributed by atoms with Crippen LogP contribution in [0.1, 0.15) is 4.88 Å². The predicted octanol–water partition coefficient (Wildman–Crippen LogP) is 3.17. The topological polar surface area (TPSA) is 60.2 Å². The summed E-state index contributed by atoms with van der Waals surface area (Å²) in [7, 11) is 1.59. The summed E-state index contributed by atoms with van der Waals surface area (Å²) in [6, 6.07) is 2.08. The average Bonchev–Trinajstić information content (AvgIpc) is 2.82. The van der Waals surface area contributed by atoms with Crippen LogP contribution in [0.3, 0.4) is 0 Å². The molecule has 16 heavy (non-hydrogen) atoms. The van der Waals surface area contributed by atoms with E-state index in [1.165, 1.54) is 16.4 Å². The highest BCUT2D eigenvalue weighted by Crippen LogP contribution is 2.35. The summed E-state index contributed by atoms with van der Waals surface area (Å²) in [5.41, 5.74) is 5.65. The lowest BCUT2D eigenvalue weighted by Gasteiger charge is -2.04. The third-order valence-electron chi connectivity index (χ3n) is 1.92. The van der Waals surface area contributed by atoms with Crippen LogP contribution < -0.4 is 15.8 Å². The average molecular weight is 320 g/mol. The number of methoxy groups -OCH3 is 1.